The van der Waals surface area contributed by atoms with Crippen molar-refractivity contribution in [2.24, 2.45) is 0 Å². The first-order valence-electron chi connectivity index (χ1n) is 6.35. The third-order valence-corrected chi connectivity index (χ3v) is 3.36. The minimum absolute atomic E-state index is 0.0995. The number of halogens is 2. The molecule has 2 amide bonds. The molecule has 0 radical (unpaired) electrons. The van der Waals surface area contributed by atoms with Crippen LogP contribution in [0.25, 0.3) is 0 Å². The first kappa shape index (κ1) is 17.4. The summed E-state index contributed by atoms with van der Waals surface area (Å²) in [6.45, 7) is 0. The summed E-state index contributed by atoms with van der Waals surface area (Å²) >= 11 is 11.5. The van der Waals surface area contributed by atoms with Crippen LogP contribution in [0.4, 0.5) is 11.4 Å². The van der Waals surface area contributed by atoms with E-state index in [4.69, 9.17) is 28.5 Å². The van der Waals surface area contributed by atoms with E-state index in [1.165, 1.54) is 30.3 Å². The molecule has 2 aromatic carbocycles. The number of amides is 2. The van der Waals surface area contributed by atoms with Crippen molar-refractivity contribution in [3.05, 3.63) is 45.9 Å². The van der Waals surface area contributed by atoms with Crippen LogP contribution in [0.3, 0.4) is 0 Å². The molecule has 0 atom stereocenters. The molecule has 7 nitrogen and oxygen atoms in total. The van der Waals surface area contributed by atoms with Gasteiger partial charge in [-0.25, -0.2) is 0 Å². The molecule has 0 saturated carbocycles. The van der Waals surface area contributed by atoms with Crippen molar-refractivity contribution in [3.63, 3.8) is 0 Å². The van der Waals surface area contributed by atoms with E-state index in [-0.39, 0.29) is 32.7 Å². The molecule has 0 aliphatic carbocycles. The molecule has 4 N–H and O–H groups in total. The van der Waals surface area contributed by atoms with Gasteiger partial charge in [0.25, 0.3) is 0 Å². The molecule has 24 heavy (non-hydrogen) atoms. The number of rotatable bonds is 2. The highest BCUT2D eigenvalue weighted by Gasteiger charge is 2.18. The second kappa shape index (κ2) is 7.08. The lowest BCUT2D eigenvalue weighted by molar-refractivity contribution is -0.133. The topological polar surface area (TPSA) is 122 Å². The van der Waals surface area contributed by atoms with E-state index in [1.807, 2.05) is 6.07 Å². The number of phenolic OH excluding ortho intramolecular Hbond substituents is 2. The van der Waals surface area contributed by atoms with Gasteiger partial charge in [-0.2, -0.15) is 5.26 Å². The summed E-state index contributed by atoms with van der Waals surface area (Å²) in [7, 11) is 0. The van der Waals surface area contributed by atoms with Crippen molar-refractivity contribution in [2.75, 3.05) is 10.6 Å². The molecule has 0 aromatic heterocycles. The zero-order chi connectivity index (χ0) is 17.9. The van der Waals surface area contributed by atoms with Gasteiger partial charge in [-0.3, -0.25) is 9.59 Å². The Hall–Kier alpha value is -2.95. The van der Waals surface area contributed by atoms with Gasteiger partial charge in [0.2, 0.25) is 0 Å². The lowest BCUT2D eigenvalue weighted by Gasteiger charge is -2.10. The Balaban J connectivity index is 2.17. The Morgan fingerprint density at radius 3 is 2.25 bits per heavy atom. The van der Waals surface area contributed by atoms with Gasteiger partial charge in [-0.1, -0.05) is 23.2 Å². The van der Waals surface area contributed by atoms with E-state index in [2.05, 4.69) is 10.6 Å². The number of nitrogens with zero attached hydrogens (tertiary/aromatic N) is 1. The Labute approximate surface area is 146 Å². The van der Waals surface area contributed by atoms with Crippen LogP contribution in [-0.4, -0.2) is 22.0 Å². The molecule has 0 aliphatic heterocycles. The molecule has 0 heterocycles. The third-order valence-electron chi connectivity index (χ3n) is 2.86. The minimum atomic E-state index is -1.13. The fourth-order valence-corrected chi connectivity index (χ4v) is 2.22. The summed E-state index contributed by atoms with van der Waals surface area (Å²) < 4.78 is 0. The number of hydrogen-bond acceptors (Lipinski definition) is 5. The minimum Gasteiger partial charge on any atom is -0.506 e. The van der Waals surface area contributed by atoms with E-state index in [9.17, 15) is 19.8 Å². The lowest BCUT2D eigenvalue weighted by Crippen LogP contribution is -2.29. The maximum atomic E-state index is 11.9. The number of phenols is 2. The van der Waals surface area contributed by atoms with Crippen molar-refractivity contribution in [2.45, 2.75) is 0 Å². The highest BCUT2D eigenvalue weighted by molar-refractivity contribution is 6.44. The van der Waals surface area contributed by atoms with Crippen LogP contribution in [0.15, 0.2) is 30.3 Å². The molecule has 9 heteroatoms. The van der Waals surface area contributed by atoms with Crippen molar-refractivity contribution >= 4 is 46.4 Å². The maximum absolute atomic E-state index is 11.9. The summed E-state index contributed by atoms with van der Waals surface area (Å²) in [6, 6.07) is 8.05. The smallest absolute Gasteiger partial charge is 0.314 e. The van der Waals surface area contributed by atoms with Crippen LogP contribution in [0.2, 0.25) is 10.0 Å². The second-order valence-corrected chi connectivity index (χ2v) is 5.38. The molecular weight excluding hydrogens is 357 g/mol. The van der Waals surface area contributed by atoms with Crippen molar-refractivity contribution in [1.82, 2.24) is 0 Å². The molecule has 0 saturated heterocycles. The first-order chi connectivity index (χ1) is 11.3. The Bertz CT molecular complexity index is 878. The van der Waals surface area contributed by atoms with E-state index in [0.717, 1.165) is 0 Å². The van der Waals surface area contributed by atoms with E-state index in [1.54, 1.807) is 0 Å². The van der Waals surface area contributed by atoms with Gasteiger partial charge in [0.1, 0.15) is 5.75 Å². The zero-order valence-electron chi connectivity index (χ0n) is 11.8. The second-order valence-electron chi connectivity index (χ2n) is 4.54. The number of aromatic hydroxyl groups is 2. The third kappa shape index (κ3) is 3.87. The highest BCUT2D eigenvalue weighted by Crippen LogP contribution is 2.35. The lowest BCUT2D eigenvalue weighted by atomic mass is 10.2. The number of anilines is 2. The van der Waals surface area contributed by atoms with Gasteiger partial charge >= 0.3 is 11.8 Å². The molecule has 0 unspecified atom stereocenters. The fraction of sp³-hybridized carbons (Fsp3) is 0. The SMILES string of the molecule is N#Cc1ccc(O)c(NC(=O)C(=O)Nc2cc(Cl)cc(Cl)c2O)c1. The molecule has 122 valence electrons. The number of carbonyl (C=O) groups is 2. The average Bonchev–Trinajstić information content (AvgIpc) is 2.54. The van der Waals surface area contributed by atoms with E-state index >= 15 is 0 Å². The monoisotopic (exact) mass is 365 g/mol. The Kier molecular flexibility index (Phi) is 5.14. The zero-order valence-corrected chi connectivity index (χ0v) is 13.3. The Morgan fingerprint density at radius 1 is 1.00 bits per heavy atom. The number of carbonyl (C=O) groups excluding carboxylic acids is 2. The number of nitrogens with one attached hydrogen (secondary N) is 2. The van der Waals surface area contributed by atoms with Crippen LogP contribution in [0.1, 0.15) is 5.56 Å². The highest BCUT2D eigenvalue weighted by atomic mass is 35.5. The Morgan fingerprint density at radius 2 is 1.62 bits per heavy atom. The molecule has 0 aliphatic rings. The van der Waals surface area contributed by atoms with Crippen LogP contribution >= 0.6 is 23.2 Å². The summed E-state index contributed by atoms with van der Waals surface area (Å²) in [5, 5.41) is 32.5. The number of benzene rings is 2. The summed E-state index contributed by atoms with van der Waals surface area (Å²) in [4.78, 5) is 23.8. The van der Waals surface area contributed by atoms with Crippen molar-refractivity contribution in [1.29, 1.82) is 5.26 Å². The number of hydrogen-bond donors (Lipinski definition) is 4. The van der Waals surface area contributed by atoms with Gasteiger partial charge < -0.3 is 20.8 Å². The van der Waals surface area contributed by atoms with Crippen LogP contribution in [0.5, 0.6) is 11.5 Å². The number of nitriles is 1. The fourth-order valence-electron chi connectivity index (χ4n) is 1.73. The summed E-state index contributed by atoms with van der Waals surface area (Å²) in [5.41, 5.74) is -0.0760. The van der Waals surface area contributed by atoms with Crippen molar-refractivity contribution in [3.8, 4) is 17.6 Å². The van der Waals surface area contributed by atoms with Gasteiger partial charge in [-0.05, 0) is 30.3 Å². The molecule has 0 spiro atoms. The molecular formula is C15H9Cl2N3O4. The van der Waals surface area contributed by atoms with Gasteiger partial charge in [-0.15, -0.1) is 0 Å². The van der Waals surface area contributed by atoms with Gasteiger partial charge in [0, 0.05) is 5.02 Å². The molecule has 0 bridgehead atoms. The molecule has 2 rings (SSSR count). The summed E-state index contributed by atoms with van der Waals surface area (Å²) in [5.74, 6) is -3.03. The van der Waals surface area contributed by atoms with Crippen molar-refractivity contribution < 1.29 is 19.8 Å². The quantitative estimate of drug-likeness (QED) is 0.481. The standard InChI is InChI=1S/C15H9Cl2N3O4/c16-8-4-9(17)13(22)11(5-8)20-15(24)14(23)19-10-3-7(6-18)1-2-12(10)21/h1-5,21-22H,(H,19,23)(H,20,24). The largest absolute Gasteiger partial charge is 0.506 e. The van der Waals surface area contributed by atoms with E-state index in [0.29, 0.717) is 0 Å². The first-order valence-corrected chi connectivity index (χ1v) is 7.11. The van der Waals surface area contributed by atoms with Crippen LogP contribution in [-0.2, 0) is 9.59 Å². The van der Waals surface area contributed by atoms with Crippen LogP contribution in [0, 0.1) is 11.3 Å². The molecule has 0 fully saturated rings. The van der Waals surface area contributed by atoms with E-state index < -0.39 is 17.6 Å². The normalized spacial score (nSPS) is 9.88. The molecule has 2 aromatic rings. The van der Waals surface area contributed by atoms with Crippen LogP contribution < -0.4 is 10.6 Å². The predicted octanol–water partition coefficient (Wildman–Crippen LogP) is 2.85. The van der Waals surface area contributed by atoms with Gasteiger partial charge in [0.15, 0.2) is 5.75 Å². The maximum Gasteiger partial charge on any atom is 0.314 e. The van der Waals surface area contributed by atoms with Gasteiger partial charge in [0.05, 0.1) is 28.0 Å². The average molecular weight is 366 g/mol. The predicted molar refractivity (Wildman–Crippen MR) is 88.2 cm³/mol. The summed E-state index contributed by atoms with van der Waals surface area (Å²) in [6.07, 6.45) is 0.